The van der Waals surface area contributed by atoms with Gasteiger partial charge >= 0.3 is 0 Å². The lowest BCUT2D eigenvalue weighted by Crippen LogP contribution is -2.24. The van der Waals surface area contributed by atoms with Crippen LogP contribution in [0.1, 0.15) is 120 Å². The highest BCUT2D eigenvalue weighted by molar-refractivity contribution is 5.58. The van der Waals surface area contributed by atoms with E-state index >= 15 is 0 Å². The summed E-state index contributed by atoms with van der Waals surface area (Å²) in [7, 11) is 0. The molecule has 0 saturated carbocycles. The molecule has 1 N–H and O–H groups in total. The van der Waals surface area contributed by atoms with Gasteiger partial charge in [0.05, 0.1) is 0 Å². The summed E-state index contributed by atoms with van der Waals surface area (Å²) in [6.07, 6.45) is 11.7. The van der Waals surface area contributed by atoms with Crippen LogP contribution in [-0.2, 0) is 4.74 Å². The van der Waals surface area contributed by atoms with E-state index in [0.717, 1.165) is 46.8 Å². The minimum atomic E-state index is -0.175. The molecule has 0 aromatic heterocycles. The standard InChI is InChI=1S/C29H50O2/c1-19(2)13-10-14-20(3)15-11-16-21(4)17-12-18-29(9)23(6)27-25(8)31-24(7)22(5)26(27)28(29)30/h19-21,23,30H,10-18H2,1-9H3/t20-,21-,23+,29-/m1/s1. The zero-order valence-corrected chi connectivity index (χ0v) is 22.0. The number of hydrogen-bond donors (Lipinski definition) is 1. The van der Waals surface area contributed by atoms with Crippen molar-refractivity contribution in [3.8, 4) is 0 Å². The summed E-state index contributed by atoms with van der Waals surface area (Å²) < 4.78 is 5.98. The SMILES string of the molecule is CC1=C(C)C2=C(O)[C@](C)(CCC[C@H](C)CCC[C@H](C)CCCC(C)C)[C@@H](C)C2=C(C)O1. The molecule has 2 aliphatic rings. The number of aliphatic hydroxyl groups is 1. The van der Waals surface area contributed by atoms with E-state index in [2.05, 4.69) is 48.5 Å². The maximum Gasteiger partial charge on any atom is 0.107 e. The normalized spacial score (nSPS) is 25.9. The third kappa shape index (κ3) is 6.20. The van der Waals surface area contributed by atoms with Crippen molar-refractivity contribution in [3.05, 3.63) is 34.0 Å². The number of ether oxygens (including phenoxy) is 1. The molecule has 4 atom stereocenters. The van der Waals surface area contributed by atoms with E-state index in [1.807, 2.05) is 13.8 Å². The Hall–Kier alpha value is -1.18. The average Bonchev–Trinajstić information content (AvgIpc) is 2.88. The van der Waals surface area contributed by atoms with Crippen LogP contribution >= 0.6 is 0 Å². The van der Waals surface area contributed by atoms with Gasteiger partial charge in [0.2, 0.25) is 0 Å². The Labute approximate surface area is 193 Å². The van der Waals surface area contributed by atoms with Crippen LogP contribution in [0.25, 0.3) is 0 Å². The summed E-state index contributed by atoms with van der Waals surface area (Å²) in [5, 5.41) is 11.2. The van der Waals surface area contributed by atoms with Crippen molar-refractivity contribution >= 4 is 0 Å². The van der Waals surface area contributed by atoms with Gasteiger partial charge in [0.25, 0.3) is 0 Å². The number of allylic oxidation sites excluding steroid dienone is 6. The van der Waals surface area contributed by atoms with Crippen molar-refractivity contribution in [2.24, 2.45) is 29.1 Å². The molecule has 2 heteroatoms. The van der Waals surface area contributed by atoms with Crippen molar-refractivity contribution in [1.82, 2.24) is 0 Å². The molecule has 178 valence electrons. The molecule has 31 heavy (non-hydrogen) atoms. The highest BCUT2D eigenvalue weighted by Crippen LogP contribution is 2.56. The van der Waals surface area contributed by atoms with Gasteiger partial charge in [0.1, 0.15) is 17.3 Å². The number of aliphatic hydroxyl groups excluding tert-OH is 1. The van der Waals surface area contributed by atoms with Crippen molar-refractivity contribution in [2.45, 2.75) is 120 Å². The van der Waals surface area contributed by atoms with Gasteiger partial charge in [0, 0.05) is 16.6 Å². The van der Waals surface area contributed by atoms with Gasteiger partial charge < -0.3 is 9.84 Å². The third-order valence-electron chi connectivity index (χ3n) is 8.29. The van der Waals surface area contributed by atoms with Gasteiger partial charge in [-0.2, -0.15) is 0 Å². The molecule has 0 aromatic rings. The second-order valence-electron chi connectivity index (χ2n) is 11.5. The predicted molar refractivity (Wildman–Crippen MR) is 134 cm³/mol. The van der Waals surface area contributed by atoms with E-state index in [1.165, 1.54) is 56.9 Å². The molecule has 1 aliphatic carbocycles. The highest BCUT2D eigenvalue weighted by atomic mass is 16.5. The monoisotopic (exact) mass is 430 g/mol. The maximum absolute atomic E-state index is 11.2. The van der Waals surface area contributed by atoms with Crippen LogP contribution in [0.5, 0.6) is 0 Å². The molecule has 0 bridgehead atoms. The van der Waals surface area contributed by atoms with Crippen molar-refractivity contribution in [2.75, 3.05) is 0 Å². The second-order valence-corrected chi connectivity index (χ2v) is 11.5. The van der Waals surface area contributed by atoms with Crippen molar-refractivity contribution in [3.63, 3.8) is 0 Å². The first-order chi connectivity index (χ1) is 14.5. The number of hydrogen-bond acceptors (Lipinski definition) is 2. The van der Waals surface area contributed by atoms with Gasteiger partial charge in [0.15, 0.2) is 0 Å². The van der Waals surface area contributed by atoms with E-state index in [4.69, 9.17) is 4.74 Å². The molecule has 0 saturated heterocycles. The summed E-state index contributed by atoms with van der Waals surface area (Å²) in [6, 6.07) is 0. The zero-order chi connectivity index (χ0) is 23.3. The Balaban J connectivity index is 1.81. The second kappa shape index (κ2) is 11.1. The minimum absolute atomic E-state index is 0.175. The molecular formula is C29H50O2. The quantitative estimate of drug-likeness (QED) is 0.334. The molecule has 1 heterocycles. The van der Waals surface area contributed by atoms with Crippen LogP contribution in [-0.4, -0.2) is 5.11 Å². The van der Waals surface area contributed by atoms with E-state index < -0.39 is 0 Å². The number of fused-ring (bicyclic) bond motifs is 1. The van der Waals surface area contributed by atoms with Crippen molar-refractivity contribution in [1.29, 1.82) is 0 Å². The van der Waals surface area contributed by atoms with E-state index in [9.17, 15) is 5.11 Å². The first-order valence-electron chi connectivity index (χ1n) is 13.0. The average molecular weight is 431 g/mol. The summed E-state index contributed by atoms with van der Waals surface area (Å²) in [6.45, 7) is 20.2. The van der Waals surface area contributed by atoms with Crippen LogP contribution in [0.4, 0.5) is 0 Å². The zero-order valence-electron chi connectivity index (χ0n) is 22.0. The largest absolute Gasteiger partial charge is 0.511 e. The molecule has 0 amide bonds. The van der Waals surface area contributed by atoms with E-state index in [0.29, 0.717) is 11.7 Å². The van der Waals surface area contributed by atoms with Gasteiger partial charge in [-0.15, -0.1) is 0 Å². The van der Waals surface area contributed by atoms with Crippen LogP contribution in [0.2, 0.25) is 0 Å². The van der Waals surface area contributed by atoms with Gasteiger partial charge in [-0.3, -0.25) is 0 Å². The minimum Gasteiger partial charge on any atom is -0.511 e. The first kappa shape index (κ1) is 26.1. The molecule has 2 nitrogen and oxygen atoms in total. The highest BCUT2D eigenvalue weighted by Gasteiger charge is 2.48. The van der Waals surface area contributed by atoms with Crippen LogP contribution < -0.4 is 0 Å². The topological polar surface area (TPSA) is 29.5 Å². The fourth-order valence-corrected chi connectivity index (χ4v) is 5.68. The Morgan fingerprint density at radius 2 is 1.35 bits per heavy atom. The molecule has 0 radical (unpaired) electrons. The third-order valence-corrected chi connectivity index (χ3v) is 8.29. The lowest BCUT2D eigenvalue weighted by Gasteiger charge is -2.31. The Morgan fingerprint density at radius 1 is 0.839 bits per heavy atom. The Morgan fingerprint density at radius 3 is 1.90 bits per heavy atom. The Kier molecular flexibility index (Phi) is 9.34. The summed E-state index contributed by atoms with van der Waals surface area (Å²) in [5.41, 5.74) is 3.22. The van der Waals surface area contributed by atoms with Gasteiger partial charge in [-0.1, -0.05) is 92.9 Å². The number of rotatable bonds is 12. The smallest absolute Gasteiger partial charge is 0.107 e. The molecule has 1 aliphatic heterocycles. The lowest BCUT2D eigenvalue weighted by atomic mass is 9.74. The molecule has 0 aromatic carbocycles. The van der Waals surface area contributed by atoms with E-state index in [-0.39, 0.29) is 5.41 Å². The molecule has 0 spiro atoms. The first-order valence-corrected chi connectivity index (χ1v) is 13.0. The fraction of sp³-hybridized carbons (Fsp3) is 0.793. The van der Waals surface area contributed by atoms with Crippen LogP contribution in [0.15, 0.2) is 34.0 Å². The molecule has 2 rings (SSSR count). The van der Waals surface area contributed by atoms with Gasteiger partial charge in [-0.25, -0.2) is 0 Å². The summed E-state index contributed by atoms with van der Waals surface area (Å²) in [5.74, 6) is 5.27. The van der Waals surface area contributed by atoms with Gasteiger partial charge in [-0.05, 0) is 56.4 Å². The van der Waals surface area contributed by atoms with Crippen LogP contribution in [0.3, 0.4) is 0 Å². The lowest BCUT2D eigenvalue weighted by molar-refractivity contribution is 0.179. The summed E-state index contributed by atoms with van der Waals surface area (Å²) in [4.78, 5) is 0. The predicted octanol–water partition coefficient (Wildman–Crippen LogP) is 9.49. The molecular weight excluding hydrogens is 380 g/mol. The fourth-order valence-electron chi connectivity index (χ4n) is 5.68. The summed E-state index contributed by atoms with van der Waals surface area (Å²) >= 11 is 0. The Bertz CT molecular complexity index is 708. The van der Waals surface area contributed by atoms with E-state index in [1.54, 1.807) is 0 Å². The van der Waals surface area contributed by atoms with Crippen LogP contribution in [0, 0.1) is 29.1 Å². The molecule has 0 unspecified atom stereocenters. The molecule has 0 fully saturated rings. The maximum atomic E-state index is 11.2. The van der Waals surface area contributed by atoms with Crippen molar-refractivity contribution < 1.29 is 9.84 Å².